The summed E-state index contributed by atoms with van der Waals surface area (Å²) in [7, 11) is 0. The minimum absolute atomic E-state index is 0.136. The average Bonchev–Trinajstić information content (AvgIpc) is 3.36. The first kappa shape index (κ1) is 18.4. The minimum Gasteiger partial charge on any atom is -0.550 e. The van der Waals surface area contributed by atoms with Crippen molar-refractivity contribution in [2.45, 2.75) is 46.0 Å². The molecule has 2 N–H and O–H groups in total. The molecule has 0 unspecified atom stereocenters. The van der Waals surface area contributed by atoms with Gasteiger partial charge in [0.1, 0.15) is 0 Å². The number of hydrazine groups is 1. The Morgan fingerprint density at radius 2 is 1.65 bits per heavy atom. The number of carbonyl (C=O) groups is 3. The molecule has 0 aliphatic heterocycles. The number of hydrogen-bond acceptors (Lipinski definition) is 4. The molecular formula is C20H25N2O4-. The highest BCUT2D eigenvalue weighted by molar-refractivity contribution is 5.88. The number of carboxylic acids is 1. The number of amides is 2. The third-order valence-corrected chi connectivity index (χ3v) is 6.66. The molecule has 26 heavy (non-hydrogen) atoms. The number of aliphatic carboxylic acids is 1. The van der Waals surface area contributed by atoms with E-state index >= 15 is 0 Å². The van der Waals surface area contributed by atoms with Crippen LogP contribution in [0.5, 0.6) is 0 Å². The van der Waals surface area contributed by atoms with Gasteiger partial charge in [0.05, 0.1) is 0 Å². The van der Waals surface area contributed by atoms with Crippen molar-refractivity contribution in [3.63, 3.8) is 0 Å². The fraction of sp³-hybridized carbons (Fsp3) is 0.550. The topological polar surface area (TPSA) is 98.3 Å². The van der Waals surface area contributed by atoms with E-state index in [-0.39, 0.29) is 23.7 Å². The van der Waals surface area contributed by atoms with Gasteiger partial charge in [-0.3, -0.25) is 20.4 Å². The first-order chi connectivity index (χ1) is 12.2. The molecule has 2 saturated carbocycles. The number of carboxylic acid groups (broad SMARTS) is 1. The molecule has 1 aromatic rings. The second kappa shape index (κ2) is 6.41. The summed E-state index contributed by atoms with van der Waals surface area (Å²) in [6, 6.07) is 9.82. The monoisotopic (exact) mass is 357 g/mol. The van der Waals surface area contributed by atoms with E-state index in [0.717, 1.165) is 12.0 Å². The van der Waals surface area contributed by atoms with Crippen molar-refractivity contribution >= 4 is 17.8 Å². The Bertz CT molecular complexity index is 731. The van der Waals surface area contributed by atoms with Crippen LogP contribution in [0.1, 0.15) is 51.5 Å². The summed E-state index contributed by atoms with van der Waals surface area (Å²) in [6.45, 7) is 5.17. The van der Waals surface area contributed by atoms with Crippen LogP contribution < -0.4 is 16.0 Å². The Kier molecular flexibility index (Phi) is 4.54. The van der Waals surface area contributed by atoms with Gasteiger partial charge in [0, 0.05) is 23.2 Å². The summed E-state index contributed by atoms with van der Waals surface area (Å²) >= 11 is 0. The average molecular weight is 357 g/mol. The molecule has 3 rings (SSSR count). The van der Waals surface area contributed by atoms with E-state index in [2.05, 4.69) is 10.9 Å². The van der Waals surface area contributed by atoms with Crippen LogP contribution in [0.4, 0.5) is 0 Å². The molecule has 2 aliphatic carbocycles. The highest BCUT2D eigenvalue weighted by atomic mass is 16.4. The summed E-state index contributed by atoms with van der Waals surface area (Å²) < 4.78 is 0. The molecule has 4 atom stereocenters. The second-order valence-electron chi connectivity index (χ2n) is 8.27. The van der Waals surface area contributed by atoms with Crippen molar-refractivity contribution in [3.05, 3.63) is 35.9 Å². The molecule has 2 fully saturated rings. The van der Waals surface area contributed by atoms with E-state index in [1.54, 1.807) is 20.8 Å². The SMILES string of the molecule is CC1(C)[C@H](C(=O)NNC(=O)[C@@H]2C[C@@H]2c2ccccc2)CC[C@@]1(C)C(=O)[O-]. The third-order valence-electron chi connectivity index (χ3n) is 6.66. The van der Waals surface area contributed by atoms with E-state index in [1.165, 1.54) is 0 Å². The van der Waals surface area contributed by atoms with Gasteiger partial charge in [-0.1, -0.05) is 51.1 Å². The van der Waals surface area contributed by atoms with Gasteiger partial charge < -0.3 is 9.90 Å². The maximum Gasteiger partial charge on any atom is 0.242 e. The maximum absolute atomic E-state index is 12.5. The predicted molar refractivity (Wildman–Crippen MR) is 93.2 cm³/mol. The molecule has 2 amide bonds. The second-order valence-corrected chi connectivity index (χ2v) is 8.27. The number of rotatable bonds is 4. The maximum atomic E-state index is 12.5. The van der Waals surface area contributed by atoms with Crippen LogP contribution in [-0.4, -0.2) is 17.8 Å². The van der Waals surface area contributed by atoms with Crippen molar-refractivity contribution in [1.82, 2.24) is 10.9 Å². The lowest BCUT2D eigenvalue weighted by Gasteiger charge is -2.41. The smallest absolute Gasteiger partial charge is 0.242 e. The van der Waals surface area contributed by atoms with Crippen LogP contribution in [-0.2, 0) is 14.4 Å². The summed E-state index contributed by atoms with van der Waals surface area (Å²) in [6.07, 6.45) is 1.60. The molecule has 0 bridgehead atoms. The molecule has 0 aromatic heterocycles. The largest absolute Gasteiger partial charge is 0.550 e. The van der Waals surface area contributed by atoms with Gasteiger partial charge in [0.25, 0.3) is 0 Å². The van der Waals surface area contributed by atoms with E-state index < -0.39 is 22.7 Å². The van der Waals surface area contributed by atoms with E-state index in [1.807, 2.05) is 30.3 Å². The number of benzene rings is 1. The van der Waals surface area contributed by atoms with Crippen LogP contribution in [0.15, 0.2) is 30.3 Å². The molecule has 1 aromatic carbocycles. The normalized spacial score (nSPS) is 31.9. The standard InChI is InChI=1S/C20H26N2O4/c1-19(2)15(9-10-20(19,3)18(25)26)17(24)22-21-16(23)14-11-13(14)12-7-5-4-6-8-12/h4-8,13-15H,9-11H2,1-3H3,(H,21,23)(H,22,24)(H,25,26)/p-1/t13-,14-,15+,20+/m1/s1. The van der Waals surface area contributed by atoms with Gasteiger partial charge in [-0.2, -0.15) is 0 Å². The molecule has 0 radical (unpaired) electrons. The number of nitrogens with one attached hydrogen (secondary N) is 2. The van der Waals surface area contributed by atoms with Gasteiger partial charge in [0.2, 0.25) is 11.8 Å². The van der Waals surface area contributed by atoms with Crippen molar-refractivity contribution < 1.29 is 19.5 Å². The highest BCUT2D eigenvalue weighted by Gasteiger charge is 2.55. The molecule has 140 valence electrons. The van der Waals surface area contributed by atoms with Crippen LogP contribution in [0, 0.1) is 22.7 Å². The lowest BCUT2D eigenvalue weighted by atomic mass is 9.65. The first-order valence-corrected chi connectivity index (χ1v) is 9.04. The molecule has 6 nitrogen and oxygen atoms in total. The summed E-state index contributed by atoms with van der Waals surface area (Å²) in [5.74, 6) is -2.11. The van der Waals surface area contributed by atoms with Gasteiger partial charge in [-0.05, 0) is 36.2 Å². The third kappa shape index (κ3) is 2.97. The summed E-state index contributed by atoms with van der Waals surface area (Å²) in [5.41, 5.74) is 4.32. The van der Waals surface area contributed by atoms with Gasteiger partial charge in [0.15, 0.2) is 0 Å². The molecule has 0 heterocycles. The first-order valence-electron chi connectivity index (χ1n) is 9.04. The van der Waals surface area contributed by atoms with Crippen molar-refractivity contribution in [2.24, 2.45) is 22.7 Å². The Morgan fingerprint density at radius 3 is 2.23 bits per heavy atom. The lowest BCUT2D eigenvalue weighted by molar-refractivity contribution is -0.323. The lowest BCUT2D eigenvalue weighted by Crippen LogP contribution is -2.52. The number of carbonyl (C=O) groups excluding carboxylic acids is 3. The molecule has 6 heteroatoms. The zero-order valence-corrected chi connectivity index (χ0v) is 15.4. The quantitative estimate of drug-likeness (QED) is 0.789. The Labute approximate surface area is 153 Å². The Balaban J connectivity index is 1.55. The van der Waals surface area contributed by atoms with E-state index in [0.29, 0.717) is 12.8 Å². The van der Waals surface area contributed by atoms with Crippen LogP contribution in [0.2, 0.25) is 0 Å². The molecular weight excluding hydrogens is 332 g/mol. The molecule has 0 saturated heterocycles. The van der Waals surface area contributed by atoms with Crippen LogP contribution in [0.3, 0.4) is 0 Å². The number of hydrogen-bond donors (Lipinski definition) is 2. The zero-order valence-electron chi connectivity index (χ0n) is 15.4. The predicted octanol–water partition coefficient (Wildman–Crippen LogP) is 1.13. The fourth-order valence-electron chi connectivity index (χ4n) is 4.18. The molecule has 2 aliphatic rings. The van der Waals surface area contributed by atoms with Gasteiger partial charge in [-0.25, -0.2) is 0 Å². The minimum atomic E-state index is -1.13. The van der Waals surface area contributed by atoms with E-state index in [4.69, 9.17) is 0 Å². The van der Waals surface area contributed by atoms with Crippen LogP contribution in [0.25, 0.3) is 0 Å². The Hall–Kier alpha value is -2.37. The van der Waals surface area contributed by atoms with Gasteiger partial charge >= 0.3 is 0 Å². The molecule has 0 spiro atoms. The Morgan fingerprint density at radius 1 is 1.04 bits per heavy atom. The van der Waals surface area contributed by atoms with Crippen LogP contribution >= 0.6 is 0 Å². The van der Waals surface area contributed by atoms with Gasteiger partial charge in [-0.15, -0.1) is 0 Å². The van der Waals surface area contributed by atoms with E-state index in [9.17, 15) is 19.5 Å². The summed E-state index contributed by atoms with van der Waals surface area (Å²) in [5, 5.41) is 11.5. The van der Waals surface area contributed by atoms with Crippen molar-refractivity contribution in [2.75, 3.05) is 0 Å². The van der Waals surface area contributed by atoms with Crippen molar-refractivity contribution in [1.29, 1.82) is 0 Å². The highest BCUT2D eigenvalue weighted by Crippen LogP contribution is 2.55. The fourth-order valence-corrected chi connectivity index (χ4v) is 4.18. The zero-order chi connectivity index (χ0) is 19.1. The summed E-state index contributed by atoms with van der Waals surface area (Å²) in [4.78, 5) is 36.3. The van der Waals surface area contributed by atoms with Crippen molar-refractivity contribution in [3.8, 4) is 0 Å².